The standard InChI is InChI=1S/C9H8F3IN2/c1-5(14-2)7-3-6(9(10,11)12)4-15-8(7)13/h3-4H,1-2H3/b14-5-. The summed E-state index contributed by atoms with van der Waals surface area (Å²) in [4.78, 5) is 7.55. The molecule has 0 fully saturated rings. The first-order valence-corrected chi connectivity index (χ1v) is 5.10. The number of hydrogen-bond acceptors (Lipinski definition) is 2. The van der Waals surface area contributed by atoms with Crippen LogP contribution in [-0.2, 0) is 6.18 Å². The summed E-state index contributed by atoms with van der Waals surface area (Å²) < 4.78 is 37.7. The zero-order valence-electron chi connectivity index (χ0n) is 8.06. The zero-order valence-corrected chi connectivity index (χ0v) is 10.2. The molecule has 1 aromatic heterocycles. The summed E-state index contributed by atoms with van der Waals surface area (Å²) in [6, 6.07) is 1.07. The quantitative estimate of drug-likeness (QED) is 0.442. The maximum Gasteiger partial charge on any atom is 0.417 e. The van der Waals surface area contributed by atoms with Gasteiger partial charge in [0.15, 0.2) is 0 Å². The van der Waals surface area contributed by atoms with Gasteiger partial charge in [0, 0.05) is 24.5 Å². The molecule has 15 heavy (non-hydrogen) atoms. The minimum absolute atomic E-state index is 0.424. The molecule has 0 saturated carbocycles. The van der Waals surface area contributed by atoms with Gasteiger partial charge in [-0.2, -0.15) is 13.2 Å². The van der Waals surface area contributed by atoms with E-state index in [1.54, 1.807) is 6.92 Å². The van der Waals surface area contributed by atoms with Gasteiger partial charge in [-0.15, -0.1) is 0 Å². The normalized spacial score (nSPS) is 13.1. The highest BCUT2D eigenvalue weighted by Crippen LogP contribution is 2.30. The van der Waals surface area contributed by atoms with Gasteiger partial charge in [-0.05, 0) is 35.6 Å². The lowest BCUT2D eigenvalue weighted by Gasteiger charge is -2.09. The van der Waals surface area contributed by atoms with Crippen LogP contribution >= 0.6 is 22.6 Å². The first-order chi connectivity index (χ1) is 6.86. The number of halogens is 4. The summed E-state index contributed by atoms with van der Waals surface area (Å²) in [5.41, 5.74) is 0.215. The van der Waals surface area contributed by atoms with Gasteiger partial charge in [-0.1, -0.05) is 0 Å². The Morgan fingerprint density at radius 1 is 1.47 bits per heavy atom. The molecule has 0 unspecified atom stereocenters. The fourth-order valence-corrected chi connectivity index (χ4v) is 1.66. The Bertz CT molecular complexity index is 399. The number of nitrogens with zero attached hydrogens (tertiary/aromatic N) is 2. The molecule has 0 atom stereocenters. The number of aliphatic imine (C=N–C) groups is 1. The number of hydrogen-bond donors (Lipinski definition) is 0. The SMILES string of the molecule is C/N=C(/C)c1cc(C(F)(F)F)cnc1I. The lowest BCUT2D eigenvalue weighted by molar-refractivity contribution is -0.137. The van der Waals surface area contributed by atoms with Crippen LogP contribution in [0.1, 0.15) is 18.1 Å². The molecule has 0 aromatic carbocycles. The van der Waals surface area contributed by atoms with Crippen molar-refractivity contribution in [2.45, 2.75) is 13.1 Å². The van der Waals surface area contributed by atoms with Crippen LogP contribution in [0.4, 0.5) is 13.2 Å². The van der Waals surface area contributed by atoms with Gasteiger partial charge in [0.1, 0.15) is 3.70 Å². The van der Waals surface area contributed by atoms with Crippen molar-refractivity contribution in [1.29, 1.82) is 0 Å². The Morgan fingerprint density at radius 3 is 2.53 bits per heavy atom. The second-order valence-electron chi connectivity index (χ2n) is 2.87. The maximum atomic E-state index is 12.4. The summed E-state index contributed by atoms with van der Waals surface area (Å²) in [6.45, 7) is 1.65. The van der Waals surface area contributed by atoms with E-state index < -0.39 is 11.7 Å². The molecule has 0 bridgehead atoms. The number of pyridine rings is 1. The highest BCUT2D eigenvalue weighted by atomic mass is 127. The predicted molar refractivity (Wildman–Crippen MR) is 60.1 cm³/mol. The van der Waals surface area contributed by atoms with E-state index in [9.17, 15) is 13.2 Å². The van der Waals surface area contributed by atoms with Gasteiger partial charge in [0.25, 0.3) is 0 Å². The van der Waals surface area contributed by atoms with Gasteiger partial charge in [-0.25, -0.2) is 4.98 Å². The minimum atomic E-state index is -4.36. The van der Waals surface area contributed by atoms with Gasteiger partial charge in [-0.3, -0.25) is 4.99 Å². The number of rotatable bonds is 1. The first-order valence-electron chi connectivity index (χ1n) is 4.02. The Balaban J connectivity index is 3.29. The fraction of sp³-hybridized carbons (Fsp3) is 0.333. The molecular weight excluding hydrogens is 320 g/mol. The third kappa shape index (κ3) is 2.90. The predicted octanol–water partition coefficient (Wildman–Crippen LogP) is 3.14. The molecule has 1 heterocycles. The average molecular weight is 328 g/mol. The van der Waals surface area contributed by atoms with E-state index in [0.29, 0.717) is 15.0 Å². The highest BCUT2D eigenvalue weighted by Gasteiger charge is 2.31. The summed E-state index contributed by atoms with van der Waals surface area (Å²) in [7, 11) is 1.53. The Labute approximate surface area is 98.8 Å². The lowest BCUT2D eigenvalue weighted by atomic mass is 10.1. The van der Waals surface area contributed by atoms with Gasteiger partial charge in [0.2, 0.25) is 0 Å². The molecule has 0 aliphatic rings. The molecule has 2 nitrogen and oxygen atoms in total. The number of alkyl halides is 3. The van der Waals surface area contributed by atoms with Crippen molar-refractivity contribution in [3.05, 3.63) is 27.1 Å². The van der Waals surface area contributed by atoms with Crippen LogP contribution in [0.2, 0.25) is 0 Å². The van der Waals surface area contributed by atoms with E-state index in [-0.39, 0.29) is 0 Å². The van der Waals surface area contributed by atoms with Crippen molar-refractivity contribution in [1.82, 2.24) is 4.98 Å². The van der Waals surface area contributed by atoms with E-state index in [4.69, 9.17) is 0 Å². The summed E-state index contributed by atoms with van der Waals surface area (Å²) in [5, 5.41) is 0. The zero-order chi connectivity index (χ0) is 11.6. The second-order valence-corrected chi connectivity index (χ2v) is 3.89. The molecule has 0 radical (unpaired) electrons. The first kappa shape index (κ1) is 12.4. The minimum Gasteiger partial charge on any atom is -0.293 e. The van der Waals surface area contributed by atoms with Gasteiger partial charge in [0.05, 0.1) is 5.56 Å². The molecule has 0 N–H and O–H groups in total. The van der Waals surface area contributed by atoms with Crippen LogP contribution in [0.3, 0.4) is 0 Å². The van der Waals surface area contributed by atoms with Crippen LogP contribution in [0.5, 0.6) is 0 Å². The van der Waals surface area contributed by atoms with E-state index in [0.717, 1.165) is 12.3 Å². The Kier molecular flexibility index (Phi) is 3.69. The van der Waals surface area contributed by atoms with Crippen molar-refractivity contribution < 1.29 is 13.2 Å². The molecule has 1 aromatic rings. The van der Waals surface area contributed by atoms with Crippen LogP contribution in [0, 0.1) is 3.70 Å². The molecule has 0 saturated heterocycles. The third-order valence-corrected chi connectivity index (χ3v) is 2.75. The van der Waals surface area contributed by atoms with Gasteiger partial charge < -0.3 is 0 Å². The van der Waals surface area contributed by atoms with Crippen molar-refractivity contribution in [3.8, 4) is 0 Å². The van der Waals surface area contributed by atoms with Crippen molar-refractivity contribution in [3.63, 3.8) is 0 Å². The third-order valence-electron chi connectivity index (χ3n) is 1.89. The number of aromatic nitrogens is 1. The summed E-state index contributed by atoms with van der Waals surface area (Å²) in [6.07, 6.45) is -3.53. The van der Waals surface area contributed by atoms with E-state index in [1.807, 2.05) is 22.6 Å². The molecule has 0 amide bonds. The Morgan fingerprint density at radius 2 is 2.07 bits per heavy atom. The van der Waals surface area contributed by atoms with E-state index in [2.05, 4.69) is 9.98 Å². The van der Waals surface area contributed by atoms with Crippen LogP contribution in [-0.4, -0.2) is 17.7 Å². The molecule has 0 aliphatic carbocycles. The van der Waals surface area contributed by atoms with Crippen molar-refractivity contribution in [2.24, 2.45) is 4.99 Å². The fourth-order valence-electron chi connectivity index (χ4n) is 0.977. The monoisotopic (exact) mass is 328 g/mol. The van der Waals surface area contributed by atoms with Gasteiger partial charge >= 0.3 is 6.18 Å². The maximum absolute atomic E-state index is 12.4. The van der Waals surface area contributed by atoms with E-state index >= 15 is 0 Å². The largest absolute Gasteiger partial charge is 0.417 e. The molecule has 0 aliphatic heterocycles. The Hall–Kier alpha value is -0.660. The smallest absolute Gasteiger partial charge is 0.293 e. The van der Waals surface area contributed by atoms with E-state index in [1.165, 1.54) is 7.05 Å². The lowest BCUT2D eigenvalue weighted by Crippen LogP contribution is -2.09. The second kappa shape index (κ2) is 4.46. The van der Waals surface area contributed by atoms with Crippen LogP contribution < -0.4 is 0 Å². The van der Waals surface area contributed by atoms with Crippen molar-refractivity contribution in [2.75, 3.05) is 7.05 Å². The van der Waals surface area contributed by atoms with Crippen LogP contribution in [0.25, 0.3) is 0 Å². The molecule has 82 valence electrons. The summed E-state index contributed by atoms with van der Waals surface area (Å²) in [5.74, 6) is 0. The molecule has 6 heteroatoms. The average Bonchev–Trinajstić information content (AvgIpc) is 2.15. The molecule has 0 spiro atoms. The highest BCUT2D eigenvalue weighted by molar-refractivity contribution is 14.1. The van der Waals surface area contributed by atoms with Crippen molar-refractivity contribution >= 4 is 28.3 Å². The summed E-state index contributed by atoms with van der Waals surface area (Å²) >= 11 is 1.88. The van der Waals surface area contributed by atoms with Crippen LogP contribution in [0.15, 0.2) is 17.3 Å². The topological polar surface area (TPSA) is 25.2 Å². The molecular formula is C9H8F3IN2. The molecule has 1 rings (SSSR count).